The Labute approximate surface area is 109 Å². The highest BCUT2D eigenvalue weighted by Gasteiger charge is 2.53. The number of hydrogen-bond donors (Lipinski definition) is 1. The summed E-state index contributed by atoms with van der Waals surface area (Å²) in [5, 5.41) is 2.97. The average molecular weight is 273 g/mol. The Morgan fingerprint density at radius 3 is 2.37 bits per heavy atom. The van der Waals surface area contributed by atoms with Crippen LogP contribution in [0.5, 0.6) is 0 Å². The largest absolute Gasteiger partial charge is 0.416 e. The van der Waals surface area contributed by atoms with E-state index in [0.29, 0.717) is 12.6 Å². The molecule has 2 aliphatic carbocycles. The van der Waals surface area contributed by atoms with Crippen LogP contribution in [0.4, 0.5) is 23.2 Å². The molecule has 2 saturated carbocycles. The second kappa shape index (κ2) is 4.12. The van der Waals surface area contributed by atoms with Crippen molar-refractivity contribution in [3.8, 4) is 0 Å². The van der Waals surface area contributed by atoms with Gasteiger partial charge < -0.3 is 5.32 Å². The Morgan fingerprint density at radius 1 is 1.21 bits per heavy atom. The molecule has 1 aromatic rings. The molecule has 0 radical (unpaired) electrons. The summed E-state index contributed by atoms with van der Waals surface area (Å²) in [6.45, 7) is 0.667. The number of benzene rings is 1. The third-order valence-corrected chi connectivity index (χ3v) is 4.26. The quantitative estimate of drug-likeness (QED) is 0.799. The summed E-state index contributed by atoms with van der Waals surface area (Å²) >= 11 is 0. The van der Waals surface area contributed by atoms with Crippen LogP contribution in [-0.4, -0.2) is 6.54 Å². The number of alkyl halides is 3. The maximum absolute atomic E-state index is 13.6. The van der Waals surface area contributed by atoms with Crippen LogP contribution in [0.1, 0.15) is 31.2 Å². The standard InChI is InChI=1S/C14H15F4N/c15-11-7-10(14(16,17)18)3-4-12(11)19-8-13(5-6-13)9-1-2-9/h3-4,7,9,19H,1-2,5-6,8H2. The fourth-order valence-electron chi connectivity index (χ4n) is 2.69. The summed E-state index contributed by atoms with van der Waals surface area (Å²) < 4.78 is 50.9. The number of anilines is 1. The van der Waals surface area contributed by atoms with Gasteiger partial charge in [-0.3, -0.25) is 0 Å². The first kappa shape index (κ1) is 12.8. The highest BCUT2D eigenvalue weighted by atomic mass is 19.4. The molecule has 0 aliphatic heterocycles. The number of rotatable bonds is 4. The number of hydrogen-bond acceptors (Lipinski definition) is 1. The molecule has 0 bridgehead atoms. The molecule has 104 valence electrons. The van der Waals surface area contributed by atoms with Crippen molar-refractivity contribution in [2.75, 3.05) is 11.9 Å². The van der Waals surface area contributed by atoms with Crippen molar-refractivity contribution in [2.45, 2.75) is 31.9 Å². The summed E-state index contributed by atoms with van der Waals surface area (Å²) in [7, 11) is 0. The Bertz CT molecular complexity index is 487. The molecule has 1 N–H and O–H groups in total. The summed E-state index contributed by atoms with van der Waals surface area (Å²) in [5.74, 6) is -0.0982. The van der Waals surface area contributed by atoms with Gasteiger partial charge in [0.25, 0.3) is 0 Å². The normalized spacial score (nSPS) is 21.3. The third kappa shape index (κ3) is 2.55. The fraction of sp³-hybridized carbons (Fsp3) is 0.571. The van der Waals surface area contributed by atoms with Crippen LogP contribution in [0.25, 0.3) is 0 Å². The molecule has 1 nitrogen and oxygen atoms in total. The molecule has 0 atom stereocenters. The van der Waals surface area contributed by atoms with Gasteiger partial charge in [-0.2, -0.15) is 13.2 Å². The zero-order valence-electron chi connectivity index (χ0n) is 10.4. The Kier molecular flexibility index (Phi) is 2.76. The minimum absolute atomic E-state index is 0.167. The molecule has 0 spiro atoms. The second-order valence-corrected chi connectivity index (χ2v) is 5.68. The maximum atomic E-state index is 13.6. The van der Waals surface area contributed by atoms with Crippen LogP contribution in [0.3, 0.4) is 0 Å². The summed E-state index contributed by atoms with van der Waals surface area (Å²) in [5.41, 5.74) is -0.492. The molecule has 2 fully saturated rings. The first-order valence-electron chi connectivity index (χ1n) is 6.51. The highest BCUT2D eigenvalue weighted by Crippen LogP contribution is 2.61. The van der Waals surface area contributed by atoms with E-state index in [1.54, 1.807) is 0 Å². The van der Waals surface area contributed by atoms with Crippen LogP contribution in [-0.2, 0) is 6.18 Å². The van der Waals surface area contributed by atoms with Gasteiger partial charge in [0.2, 0.25) is 0 Å². The molecule has 0 saturated heterocycles. The van der Waals surface area contributed by atoms with Crippen LogP contribution in [0.15, 0.2) is 18.2 Å². The topological polar surface area (TPSA) is 12.0 Å². The molecule has 19 heavy (non-hydrogen) atoms. The Balaban J connectivity index is 1.68. The minimum atomic E-state index is -4.49. The molecule has 2 aliphatic rings. The molecular formula is C14H15F4N. The van der Waals surface area contributed by atoms with E-state index in [9.17, 15) is 17.6 Å². The van der Waals surface area contributed by atoms with Crippen molar-refractivity contribution in [1.29, 1.82) is 0 Å². The SMILES string of the molecule is Fc1cc(C(F)(F)F)ccc1NCC1(C2CC2)CC1. The number of halogens is 4. The zero-order valence-corrected chi connectivity index (χ0v) is 10.4. The van der Waals surface area contributed by atoms with Crippen molar-refractivity contribution in [3.63, 3.8) is 0 Å². The van der Waals surface area contributed by atoms with E-state index in [4.69, 9.17) is 0 Å². The lowest BCUT2D eigenvalue weighted by Gasteiger charge is -2.17. The van der Waals surface area contributed by atoms with Gasteiger partial charge in [-0.15, -0.1) is 0 Å². The lowest BCUT2D eigenvalue weighted by Crippen LogP contribution is -2.18. The molecule has 0 unspecified atom stereocenters. The van der Waals surface area contributed by atoms with E-state index in [2.05, 4.69) is 5.32 Å². The summed E-state index contributed by atoms with van der Waals surface area (Å²) in [6, 6.07) is 2.66. The predicted molar refractivity (Wildman–Crippen MR) is 64.3 cm³/mol. The first-order valence-corrected chi connectivity index (χ1v) is 6.51. The molecule has 5 heteroatoms. The fourth-order valence-corrected chi connectivity index (χ4v) is 2.69. The van der Waals surface area contributed by atoms with Gasteiger partial charge in [0, 0.05) is 6.54 Å². The second-order valence-electron chi connectivity index (χ2n) is 5.68. The van der Waals surface area contributed by atoms with Crippen LogP contribution in [0.2, 0.25) is 0 Å². The van der Waals surface area contributed by atoms with Crippen LogP contribution < -0.4 is 5.32 Å². The van der Waals surface area contributed by atoms with Crippen molar-refractivity contribution >= 4 is 5.69 Å². The van der Waals surface area contributed by atoms with Crippen LogP contribution in [0, 0.1) is 17.2 Å². The molecule has 0 amide bonds. The van der Waals surface area contributed by atoms with E-state index < -0.39 is 17.6 Å². The highest BCUT2D eigenvalue weighted by molar-refractivity contribution is 5.47. The van der Waals surface area contributed by atoms with Gasteiger partial charge in [0.15, 0.2) is 0 Å². The lowest BCUT2D eigenvalue weighted by atomic mass is 10.0. The molecule has 1 aromatic carbocycles. The minimum Gasteiger partial charge on any atom is -0.382 e. The summed E-state index contributed by atoms with van der Waals surface area (Å²) in [4.78, 5) is 0. The summed E-state index contributed by atoms with van der Waals surface area (Å²) in [6.07, 6.45) is 0.263. The van der Waals surface area contributed by atoms with E-state index >= 15 is 0 Å². The van der Waals surface area contributed by atoms with E-state index in [0.717, 1.165) is 24.8 Å². The van der Waals surface area contributed by atoms with Crippen molar-refractivity contribution in [2.24, 2.45) is 11.3 Å². The number of nitrogens with one attached hydrogen (secondary N) is 1. The van der Waals surface area contributed by atoms with E-state index in [1.165, 1.54) is 18.9 Å². The Morgan fingerprint density at radius 2 is 1.89 bits per heavy atom. The van der Waals surface area contributed by atoms with Crippen molar-refractivity contribution in [3.05, 3.63) is 29.6 Å². The average Bonchev–Trinajstić information content (AvgIpc) is 3.18. The van der Waals surface area contributed by atoms with Gasteiger partial charge in [-0.05, 0) is 55.2 Å². The predicted octanol–water partition coefficient (Wildman–Crippen LogP) is 4.45. The molecule has 0 aromatic heterocycles. The van der Waals surface area contributed by atoms with E-state index in [1.807, 2.05) is 0 Å². The van der Waals surface area contributed by atoms with Gasteiger partial charge in [0.05, 0.1) is 11.3 Å². The zero-order chi connectivity index (χ0) is 13.7. The monoisotopic (exact) mass is 273 g/mol. The van der Waals surface area contributed by atoms with Crippen LogP contribution >= 0.6 is 0 Å². The Hall–Kier alpha value is -1.26. The molecular weight excluding hydrogens is 258 g/mol. The lowest BCUT2D eigenvalue weighted by molar-refractivity contribution is -0.137. The third-order valence-electron chi connectivity index (χ3n) is 4.26. The molecule has 0 heterocycles. The maximum Gasteiger partial charge on any atom is 0.416 e. The van der Waals surface area contributed by atoms with Gasteiger partial charge in [-0.25, -0.2) is 4.39 Å². The van der Waals surface area contributed by atoms with Gasteiger partial charge in [-0.1, -0.05) is 0 Å². The van der Waals surface area contributed by atoms with Gasteiger partial charge >= 0.3 is 6.18 Å². The molecule has 3 rings (SSSR count). The van der Waals surface area contributed by atoms with Gasteiger partial charge in [0.1, 0.15) is 5.82 Å². The smallest absolute Gasteiger partial charge is 0.382 e. The first-order chi connectivity index (χ1) is 8.91. The van der Waals surface area contributed by atoms with Crippen molar-refractivity contribution in [1.82, 2.24) is 0 Å². The van der Waals surface area contributed by atoms with E-state index in [-0.39, 0.29) is 11.1 Å². The van der Waals surface area contributed by atoms with Crippen molar-refractivity contribution < 1.29 is 17.6 Å².